The first-order valence-corrected chi connectivity index (χ1v) is 7.24. The minimum atomic E-state index is -0.311. The van der Waals surface area contributed by atoms with Crippen molar-refractivity contribution < 1.29 is 5.11 Å². The lowest BCUT2D eigenvalue weighted by atomic mass is 10.1. The highest BCUT2D eigenvalue weighted by Crippen LogP contribution is 2.23. The fourth-order valence-electron chi connectivity index (χ4n) is 1.36. The zero-order chi connectivity index (χ0) is 12.0. The molecule has 4 heteroatoms. The molecule has 1 rings (SSSR count). The second-order valence-corrected chi connectivity index (χ2v) is 5.65. The summed E-state index contributed by atoms with van der Waals surface area (Å²) in [6, 6.07) is 5.49. The minimum absolute atomic E-state index is 0.311. The van der Waals surface area contributed by atoms with Crippen molar-refractivity contribution in [2.24, 2.45) is 0 Å². The van der Waals surface area contributed by atoms with Crippen LogP contribution in [0.3, 0.4) is 0 Å². The maximum Gasteiger partial charge on any atom is 0.0670 e. The molecule has 0 amide bonds. The molecule has 0 aliphatic carbocycles. The van der Waals surface area contributed by atoms with Crippen molar-refractivity contribution in [2.75, 3.05) is 11.5 Å². The van der Waals surface area contributed by atoms with Crippen LogP contribution in [0, 0.1) is 0 Å². The van der Waals surface area contributed by atoms with Gasteiger partial charge in [0.15, 0.2) is 0 Å². The van der Waals surface area contributed by atoms with Crippen molar-refractivity contribution in [2.45, 2.75) is 25.9 Å². The summed E-state index contributed by atoms with van der Waals surface area (Å²) >= 11 is 13.5. The molecule has 1 nitrogen and oxygen atoms in total. The van der Waals surface area contributed by atoms with Gasteiger partial charge in [-0.3, -0.25) is 0 Å². The van der Waals surface area contributed by atoms with E-state index in [1.165, 1.54) is 0 Å². The maximum absolute atomic E-state index is 9.79. The summed E-state index contributed by atoms with van der Waals surface area (Å²) in [6.07, 6.45) is 1.46. The van der Waals surface area contributed by atoms with Crippen LogP contribution in [0.1, 0.15) is 18.9 Å². The number of benzene rings is 1. The van der Waals surface area contributed by atoms with E-state index >= 15 is 0 Å². The SMILES string of the molecule is CCCSCC(O)Cc1ccc(Cl)c(Cl)c1. The van der Waals surface area contributed by atoms with Crippen molar-refractivity contribution in [1.82, 2.24) is 0 Å². The van der Waals surface area contributed by atoms with Gasteiger partial charge < -0.3 is 5.11 Å². The van der Waals surface area contributed by atoms with Gasteiger partial charge in [0.1, 0.15) is 0 Å². The van der Waals surface area contributed by atoms with Crippen molar-refractivity contribution in [3.05, 3.63) is 33.8 Å². The average molecular weight is 279 g/mol. The third-order valence-corrected chi connectivity index (χ3v) is 4.17. The number of hydrogen-bond donors (Lipinski definition) is 1. The molecule has 1 aromatic carbocycles. The van der Waals surface area contributed by atoms with Crippen LogP contribution in [0.4, 0.5) is 0 Å². The summed E-state index contributed by atoms with van der Waals surface area (Å²) < 4.78 is 0. The Kier molecular flexibility index (Phi) is 6.59. The molecule has 1 N–H and O–H groups in total. The lowest BCUT2D eigenvalue weighted by Gasteiger charge is -2.10. The number of halogens is 2. The summed E-state index contributed by atoms with van der Waals surface area (Å²) in [4.78, 5) is 0. The van der Waals surface area contributed by atoms with Crippen LogP contribution < -0.4 is 0 Å². The van der Waals surface area contributed by atoms with E-state index in [4.69, 9.17) is 23.2 Å². The molecule has 90 valence electrons. The molecule has 1 aromatic rings. The van der Waals surface area contributed by atoms with Crippen LogP contribution in [0.15, 0.2) is 18.2 Å². The van der Waals surface area contributed by atoms with Crippen LogP contribution >= 0.6 is 35.0 Å². The summed E-state index contributed by atoms with van der Waals surface area (Å²) in [5, 5.41) is 10.9. The smallest absolute Gasteiger partial charge is 0.0670 e. The predicted octanol–water partition coefficient (Wildman–Crippen LogP) is 4.04. The van der Waals surface area contributed by atoms with E-state index in [2.05, 4.69) is 6.92 Å². The van der Waals surface area contributed by atoms with E-state index in [-0.39, 0.29) is 6.10 Å². The lowest BCUT2D eigenvalue weighted by molar-refractivity contribution is 0.200. The molecule has 0 radical (unpaired) electrons. The fourth-order valence-corrected chi connectivity index (χ4v) is 2.53. The van der Waals surface area contributed by atoms with Gasteiger partial charge in [-0.15, -0.1) is 0 Å². The first-order chi connectivity index (χ1) is 7.63. The zero-order valence-corrected chi connectivity index (χ0v) is 11.6. The molecule has 0 aliphatic rings. The molecule has 0 saturated heterocycles. The molecule has 16 heavy (non-hydrogen) atoms. The van der Waals surface area contributed by atoms with Crippen molar-refractivity contribution in [1.29, 1.82) is 0 Å². The highest BCUT2D eigenvalue weighted by atomic mass is 35.5. The minimum Gasteiger partial charge on any atom is -0.392 e. The Balaban J connectivity index is 2.43. The highest BCUT2D eigenvalue weighted by Gasteiger charge is 2.07. The zero-order valence-electron chi connectivity index (χ0n) is 9.25. The monoisotopic (exact) mass is 278 g/mol. The molecule has 1 unspecified atom stereocenters. The van der Waals surface area contributed by atoms with E-state index in [0.29, 0.717) is 16.5 Å². The highest BCUT2D eigenvalue weighted by molar-refractivity contribution is 7.99. The second-order valence-electron chi connectivity index (χ2n) is 3.68. The maximum atomic E-state index is 9.79. The lowest BCUT2D eigenvalue weighted by Crippen LogP contribution is -2.13. The Bertz CT molecular complexity index is 331. The van der Waals surface area contributed by atoms with Gasteiger partial charge in [0.05, 0.1) is 16.1 Å². The Hall–Kier alpha value is 0.110. The summed E-state index contributed by atoms with van der Waals surface area (Å²) in [5.74, 6) is 1.87. The molecule has 1 atom stereocenters. The molecule has 0 aromatic heterocycles. The van der Waals surface area contributed by atoms with E-state index in [1.54, 1.807) is 17.8 Å². The Morgan fingerprint density at radius 2 is 2.06 bits per heavy atom. The van der Waals surface area contributed by atoms with Gasteiger partial charge in [0, 0.05) is 5.75 Å². The molecular weight excluding hydrogens is 263 g/mol. The van der Waals surface area contributed by atoms with Crippen LogP contribution in [0.5, 0.6) is 0 Å². The van der Waals surface area contributed by atoms with Gasteiger partial charge in [-0.25, -0.2) is 0 Å². The van der Waals surface area contributed by atoms with Gasteiger partial charge in [-0.2, -0.15) is 11.8 Å². The van der Waals surface area contributed by atoms with Crippen molar-refractivity contribution >= 4 is 35.0 Å². The van der Waals surface area contributed by atoms with Crippen LogP contribution in [-0.4, -0.2) is 22.7 Å². The van der Waals surface area contributed by atoms with Gasteiger partial charge in [0.25, 0.3) is 0 Å². The van der Waals surface area contributed by atoms with Gasteiger partial charge in [-0.05, 0) is 36.3 Å². The predicted molar refractivity (Wildman–Crippen MR) is 73.8 cm³/mol. The average Bonchev–Trinajstić information content (AvgIpc) is 2.24. The molecule has 0 bridgehead atoms. The molecule has 0 aliphatic heterocycles. The third-order valence-electron chi connectivity index (χ3n) is 2.11. The number of rotatable bonds is 6. The number of aliphatic hydroxyl groups is 1. The van der Waals surface area contributed by atoms with Crippen LogP contribution in [0.2, 0.25) is 10.0 Å². The Labute approximate surface area is 111 Å². The number of aliphatic hydroxyl groups excluding tert-OH is 1. The largest absolute Gasteiger partial charge is 0.392 e. The van der Waals surface area contributed by atoms with Gasteiger partial charge in [-0.1, -0.05) is 36.2 Å². The number of thioether (sulfide) groups is 1. The van der Waals surface area contributed by atoms with Crippen molar-refractivity contribution in [3.8, 4) is 0 Å². The van der Waals surface area contributed by atoms with Crippen LogP contribution in [-0.2, 0) is 6.42 Å². The molecule has 0 heterocycles. The van der Waals surface area contributed by atoms with E-state index in [1.807, 2.05) is 12.1 Å². The quantitative estimate of drug-likeness (QED) is 0.793. The van der Waals surface area contributed by atoms with E-state index in [0.717, 1.165) is 23.5 Å². The van der Waals surface area contributed by atoms with Gasteiger partial charge in [0.2, 0.25) is 0 Å². The molecule has 0 spiro atoms. The fraction of sp³-hybridized carbons (Fsp3) is 0.500. The van der Waals surface area contributed by atoms with E-state index < -0.39 is 0 Å². The van der Waals surface area contributed by atoms with E-state index in [9.17, 15) is 5.11 Å². The Morgan fingerprint density at radius 1 is 1.31 bits per heavy atom. The number of hydrogen-bond acceptors (Lipinski definition) is 2. The molecule has 0 fully saturated rings. The summed E-state index contributed by atoms with van der Waals surface area (Å²) in [6.45, 7) is 2.14. The normalized spacial score (nSPS) is 12.8. The Morgan fingerprint density at radius 3 is 2.69 bits per heavy atom. The third kappa shape index (κ3) is 4.96. The summed E-state index contributed by atoms with van der Waals surface area (Å²) in [5.41, 5.74) is 1.03. The first kappa shape index (κ1) is 14.2. The topological polar surface area (TPSA) is 20.2 Å². The van der Waals surface area contributed by atoms with Crippen LogP contribution in [0.25, 0.3) is 0 Å². The molecular formula is C12H16Cl2OS. The standard InChI is InChI=1S/C12H16Cl2OS/c1-2-5-16-8-10(15)6-9-3-4-11(13)12(14)7-9/h3-4,7,10,15H,2,5-6,8H2,1H3. The second kappa shape index (κ2) is 7.44. The van der Waals surface area contributed by atoms with Crippen molar-refractivity contribution in [3.63, 3.8) is 0 Å². The molecule has 0 saturated carbocycles. The first-order valence-electron chi connectivity index (χ1n) is 5.33. The van der Waals surface area contributed by atoms with Gasteiger partial charge >= 0.3 is 0 Å². The summed E-state index contributed by atoms with van der Waals surface area (Å²) in [7, 11) is 0.